The van der Waals surface area contributed by atoms with E-state index in [1.165, 1.54) is 45.0 Å². The Kier molecular flexibility index (Phi) is 43.1. The molecule has 0 bridgehead atoms. The van der Waals surface area contributed by atoms with Gasteiger partial charge in [0.05, 0.1) is 62.1 Å². The Morgan fingerprint density at radius 2 is 1.07 bits per heavy atom. The molecule has 1 aromatic carbocycles. The van der Waals surface area contributed by atoms with Crippen LogP contribution in [0.25, 0.3) is 0 Å². The monoisotopic (exact) mass is 1650 g/mol. The second-order valence-corrected chi connectivity index (χ2v) is 30.8. The van der Waals surface area contributed by atoms with Crippen LogP contribution in [0.3, 0.4) is 0 Å². The van der Waals surface area contributed by atoms with Crippen LogP contribution in [-0.2, 0) is 83.1 Å². The summed E-state index contributed by atoms with van der Waals surface area (Å²) in [6, 6.07) is -14.6. The molecule has 0 saturated carbocycles. The van der Waals surface area contributed by atoms with Crippen molar-refractivity contribution in [1.29, 1.82) is 0 Å². The topological polar surface area (TPSA) is 618 Å². The number of nitrogens with one attached hydrogen (secondary N) is 11. The van der Waals surface area contributed by atoms with Crippen molar-refractivity contribution in [2.75, 3.05) is 32.7 Å². The summed E-state index contributed by atoms with van der Waals surface area (Å²) in [5, 5.41) is 114. The van der Waals surface area contributed by atoms with Gasteiger partial charge in [0.25, 0.3) is 0 Å². The van der Waals surface area contributed by atoms with Gasteiger partial charge < -0.3 is 125 Å². The summed E-state index contributed by atoms with van der Waals surface area (Å²) in [7, 11) is 0. The normalized spacial score (nSPS) is 27.0. The summed E-state index contributed by atoms with van der Waals surface area (Å²) in [5.74, 6) is -17.7. The number of aromatic hydroxyl groups is 1. The number of amides is 14. The molecule has 39 nitrogen and oxygen atoms in total. The number of aliphatic hydroxyl groups is 7. The van der Waals surface area contributed by atoms with Crippen LogP contribution in [0.2, 0.25) is 0 Å². The van der Waals surface area contributed by atoms with E-state index >= 15 is 0 Å². The maximum Gasteiger partial charge on any atom is 0.328 e. The molecule has 23 N–H and O–H groups in total. The molecule has 654 valence electrons. The lowest BCUT2D eigenvalue weighted by atomic mass is 9.99. The van der Waals surface area contributed by atoms with Crippen LogP contribution in [0, 0.1) is 5.92 Å². The highest BCUT2D eigenvalue weighted by Crippen LogP contribution is 2.25. The molecule has 116 heavy (non-hydrogen) atoms. The summed E-state index contributed by atoms with van der Waals surface area (Å²) in [4.78, 5) is 213. The van der Waals surface area contributed by atoms with E-state index in [2.05, 4.69) is 65.4 Å². The molecule has 1 aromatic rings. The highest BCUT2D eigenvalue weighted by atomic mass is 16.5. The van der Waals surface area contributed by atoms with E-state index < -0.39 is 243 Å². The number of nitrogens with two attached hydrogens (primary N) is 2. The first-order valence-electron chi connectivity index (χ1n) is 40.4. The van der Waals surface area contributed by atoms with Gasteiger partial charge in [-0.1, -0.05) is 104 Å². The van der Waals surface area contributed by atoms with Crippen molar-refractivity contribution in [1.82, 2.24) is 68.3 Å². The van der Waals surface area contributed by atoms with Crippen molar-refractivity contribution in [2.24, 2.45) is 17.4 Å². The maximum absolute atomic E-state index is 14.8. The standard InChI is InChI=1S/C77H127N15O24/c1-9-10-11-12-13-14-15-16-17-18-20-24-50-37-58(103)85-61(43(5)93)71(109)82-42(4)67(105)84-52(35-47-27-29-48(97)30-28-47)68(106)87-60(41(2)3)75(113)92-40-49(98)36-53(92)69(107)88-63(45(7)95)73(111)89-64(46(8)96)76(114)91-34-31-54(99)66(91)74(112)90-65(55(100)38-56(79)101)70(108)81-39-59(104)86-62(44(6)94)72(110)83-51(77(115)116-50)25-23-33-80-57(102)26-21-19-22-32-78/h27-30,41-46,49-55,60-66,93-100H,9-26,31-40,78H2,1-8H3,(H2,79,101)(H,80,102)(H,81,108)(H,82,109)(H,83,110)(H,84,105)(H,85,103)(H,86,104)(H,87,106)(H,88,107)(H,89,111)(H,90,112)/t42-,43-,44-,45-,46-,49-,50-,51+,52+,53+,54+,55-,60+,61-,62-,63-,64+,65+,66+/m1/s1. The molecular weight excluding hydrogens is 1520 g/mol. The van der Waals surface area contributed by atoms with E-state index in [1.54, 1.807) is 0 Å². The molecule has 3 aliphatic heterocycles. The molecule has 4 rings (SSSR count). The fraction of sp³-hybridized carbons (Fsp3) is 0.727. The third-order valence-electron chi connectivity index (χ3n) is 20.4. The fourth-order valence-corrected chi connectivity index (χ4v) is 13.7. The number of nitrogens with zero attached hydrogens (tertiary/aromatic N) is 2. The summed E-state index contributed by atoms with van der Waals surface area (Å²) in [5.41, 5.74) is 11.3. The van der Waals surface area contributed by atoms with E-state index in [-0.39, 0.29) is 56.7 Å². The Balaban J connectivity index is 1.84. The smallest absolute Gasteiger partial charge is 0.328 e. The largest absolute Gasteiger partial charge is 0.508 e. The molecule has 0 unspecified atom stereocenters. The number of rotatable bonds is 31. The van der Waals surface area contributed by atoms with Crippen LogP contribution in [0.1, 0.15) is 202 Å². The minimum Gasteiger partial charge on any atom is -0.508 e. The van der Waals surface area contributed by atoms with Gasteiger partial charge in [0.2, 0.25) is 82.7 Å². The van der Waals surface area contributed by atoms with Crippen LogP contribution in [0.5, 0.6) is 5.75 Å². The Morgan fingerprint density at radius 1 is 0.552 bits per heavy atom. The van der Waals surface area contributed by atoms with E-state index in [0.717, 1.165) is 90.4 Å². The summed E-state index contributed by atoms with van der Waals surface area (Å²) >= 11 is 0. The van der Waals surface area contributed by atoms with E-state index in [1.807, 2.05) is 0 Å². The number of hydrogen-bond donors (Lipinski definition) is 21. The van der Waals surface area contributed by atoms with Gasteiger partial charge >= 0.3 is 5.97 Å². The number of primary amides is 1. The second kappa shape index (κ2) is 50.4. The molecule has 3 saturated heterocycles. The SMILES string of the molecule is CCCCCCCCCCCCC[C@@H]1CC(=O)N[C@H]([C@@H](C)O)C(=O)N[C@H](C)C(=O)N[C@@H](Cc2ccc(O)cc2)C(=O)N[C@@H](C(C)C)C(=O)N2C[C@H](O)C[C@H]2C(=O)N[C@H]([C@@H](C)O)C(=O)N[C@@H]([C@@H](C)O)C(=O)N2CC[C@H](O)[C@H]2C(=O)N[C@@H]([C@H](O)CC(N)=O)C(=O)NCC(=O)N[C@H]([C@@H](C)O)C(=O)N[C@@H](CCCNC(=O)CCCCCN)C(=O)O1. The molecule has 3 heterocycles. The Labute approximate surface area is 675 Å². The molecule has 0 aromatic heterocycles. The minimum atomic E-state index is -2.24. The Morgan fingerprint density at radius 3 is 1.65 bits per heavy atom. The van der Waals surface area contributed by atoms with Gasteiger partial charge in [0.1, 0.15) is 78.3 Å². The lowest BCUT2D eigenvalue weighted by Gasteiger charge is -2.34. The Hall–Kier alpha value is -9.25. The number of ether oxygens (including phenoxy) is 1. The number of hydrogen-bond acceptors (Lipinski definition) is 25. The van der Waals surface area contributed by atoms with Crippen molar-refractivity contribution in [3.05, 3.63) is 29.8 Å². The molecule has 3 fully saturated rings. The average Bonchev–Trinajstić information content (AvgIpc) is 1.64. The van der Waals surface area contributed by atoms with Crippen LogP contribution in [0.4, 0.5) is 0 Å². The highest BCUT2D eigenvalue weighted by molar-refractivity contribution is 6.00. The van der Waals surface area contributed by atoms with Gasteiger partial charge in [-0.25, -0.2) is 4.79 Å². The van der Waals surface area contributed by atoms with Crippen molar-refractivity contribution in [3.8, 4) is 5.75 Å². The van der Waals surface area contributed by atoms with Gasteiger partial charge in [-0.3, -0.25) is 67.1 Å². The maximum atomic E-state index is 14.8. The number of esters is 1. The number of cyclic esters (lactones) is 1. The third kappa shape index (κ3) is 33.0. The first kappa shape index (κ1) is 99.1. The molecule has 0 spiro atoms. The fourth-order valence-electron chi connectivity index (χ4n) is 13.7. The lowest BCUT2D eigenvalue weighted by molar-refractivity contribution is -0.155. The number of benzene rings is 1. The molecular formula is C77H127N15O24. The quantitative estimate of drug-likeness (QED) is 0.0245. The minimum absolute atomic E-state index is 0.00361. The molecule has 39 heteroatoms. The first-order valence-corrected chi connectivity index (χ1v) is 40.4. The van der Waals surface area contributed by atoms with E-state index in [0.29, 0.717) is 49.1 Å². The predicted molar refractivity (Wildman–Crippen MR) is 417 cm³/mol. The molecule has 0 radical (unpaired) electrons. The zero-order chi connectivity index (χ0) is 86.6. The number of carbonyl (C=O) groups is 15. The van der Waals surface area contributed by atoms with Crippen LogP contribution >= 0.6 is 0 Å². The summed E-state index contributed by atoms with van der Waals surface area (Å²) in [6.45, 7) is 9.01. The molecule has 19 atom stereocenters. The number of aliphatic hydroxyl groups excluding tert-OH is 7. The molecule has 14 amide bonds. The number of phenolic OH excluding ortho intramolecular Hbond substituents is 1. The zero-order valence-electron chi connectivity index (χ0n) is 67.8. The van der Waals surface area contributed by atoms with Crippen LogP contribution in [-0.4, -0.2) is 287 Å². The average molecular weight is 1650 g/mol. The highest BCUT2D eigenvalue weighted by Gasteiger charge is 2.48. The van der Waals surface area contributed by atoms with Crippen molar-refractivity contribution >= 4 is 88.7 Å². The number of fused-ring (bicyclic) bond motifs is 2. The first-order chi connectivity index (χ1) is 54.8. The predicted octanol–water partition coefficient (Wildman–Crippen LogP) is -4.79. The molecule has 0 aliphatic carbocycles. The zero-order valence-corrected chi connectivity index (χ0v) is 67.8. The van der Waals surface area contributed by atoms with Crippen molar-refractivity contribution in [2.45, 2.75) is 318 Å². The van der Waals surface area contributed by atoms with Gasteiger partial charge in [-0.15, -0.1) is 0 Å². The van der Waals surface area contributed by atoms with Crippen molar-refractivity contribution in [3.63, 3.8) is 0 Å². The number of carbonyl (C=O) groups excluding carboxylic acids is 15. The van der Waals surface area contributed by atoms with E-state index in [4.69, 9.17) is 16.2 Å². The van der Waals surface area contributed by atoms with Crippen molar-refractivity contribution < 1.29 is 118 Å². The lowest BCUT2D eigenvalue weighted by Crippen LogP contribution is -2.64. The number of phenols is 1. The Bertz CT molecular complexity index is 3420. The van der Waals surface area contributed by atoms with Gasteiger partial charge in [0.15, 0.2) is 0 Å². The van der Waals surface area contributed by atoms with Gasteiger partial charge in [-0.2, -0.15) is 0 Å². The summed E-state index contributed by atoms with van der Waals surface area (Å²) in [6.07, 6.45) is -4.63. The third-order valence-corrected chi connectivity index (χ3v) is 20.4. The van der Waals surface area contributed by atoms with E-state index in [9.17, 15) is 113 Å². The molecule has 3 aliphatic rings. The van der Waals surface area contributed by atoms with Gasteiger partial charge in [0, 0.05) is 38.9 Å². The van der Waals surface area contributed by atoms with Gasteiger partial charge in [-0.05, 0) is 110 Å². The van der Waals surface area contributed by atoms with Crippen LogP contribution < -0.4 is 70.0 Å². The summed E-state index contributed by atoms with van der Waals surface area (Å²) < 4.78 is 6.05. The second-order valence-electron chi connectivity index (χ2n) is 30.8. The van der Waals surface area contributed by atoms with Crippen LogP contribution in [0.15, 0.2) is 24.3 Å². The number of unbranched alkanes of at least 4 members (excludes halogenated alkanes) is 12.